The number of para-hydroxylation sites is 1. The molecule has 4 N–H and O–H groups in total. The van der Waals surface area contributed by atoms with Crippen LogP contribution in [0, 0.1) is 5.92 Å². The molecule has 0 saturated heterocycles. The molecule has 9 nitrogen and oxygen atoms in total. The third kappa shape index (κ3) is 12.0. The van der Waals surface area contributed by atoms with E-state index < -0.39 is 10.0 Å². The summed E-state index contributed by atoms with van der Waals surface area (Å²) in [6.45, 7) is 8.74. The molecule has 0 unspecified atom stereocenters. The summed E-state index contributed by atoms with van der Waals surface area (Å²) in [5.41, 5.74) is 0.676. The lowest BCUT2D eigenvalue weighted by Crippen LogP contribution is -2.51. The molecule has 1 atom stereocenters. The van der Waals surface area contributed by atoms with Crippen LogP contribution in [0.1, 0.15) is 47.0 Å². The Labute approximate surface area is 242 Å². The molecular formula is C27H39Cl2N5O4S. The highest BCUT2D eigenvalue weighted by Gasteiger charge is 2.22. The molecular weight excluding hydrogens is 561 g/mol. The van der Waals surface area contributed by atoms with Crippen LogP contribution in [0.25, 0.3) is 0 Å². The summed E-state index contributed by atoms with van der Waals surface area (Å²) in [4.78, 5) is 27.3. The van der Waals surface area contributed by atoms with Crippen LogP contribution in [0.2, 0.25) is 10.0 Å². The van der Waals surface area contributed by atoms with Crippen LogP contribution >= 0.6 is 23.2 Å². The smallest absolute Gasteiger partial charge is 0.319 e. The average molecular weight is 601 g/mol. The van der Waals surface area contributed by atoms with Gasteiger partial charge in [-0.2, -0.15) is 0 Å². The largest absolute Gasteiger partial charge is 0.336 e. The van der Waals surface area contributed by atoms with Gasteiger partial charge in [-0.15, -0.1) is 0 Å². The number of sulfonamides is 1. The van der Waals surface area contributed by atoms with E-state index in [2.05, 4.69) is 34.5 Å². The molecule has 0 saturated carbocycles. The Morgan fingerprint density at radius 2 is 1.64 bits per heavy atom. The van der Waals surface area contributed by atoms with Gasteiger partial charge >= 0.3 is 12.1 Å². The highest BCUT2D eigenvalue weighted by molar-refractivity contribution is 7.89. The minimum Gasteiger partial charge on any atom is -0.336 e. The number of carbonyl (C=O) groups is 2. The second kappa shape index (κ2) is 15.9. The highest BCUT2D eigenvalue weighted by Crippen LogP contribution is 2.24. The number of carbonyl (C=O) groups excluding carboxylic acids is 2. The van der Waals surface area contributed by atoms with Crippen LogP contribution in [-0.4, -0.2) is 57.1 Å². The molecule has 0 aliphatic carbocycles. The summed E-state index contributed by atoms with van der Waals surface area (Å²) < 4.78 is 27.8. The van der Waals surface area contributed by atoms with Crippen molar-refractivity contribution < 1.29 is 18.0 Å². The van der Waals surface area contributed by atoms with Crippen molar-refractivity contribution in [2.45, 2.75) is 63.9 Å². The number of hydrogen-bond donors (Lipinski definition) is 4. The Balaban J connectivity index is 1.98. The van der Waals surface area contributed by atoms with Gasteiger partial charge in [-0.05, 0) is 69.4 Å². The van der Waals surface area contributed by atoms with Crippen molar-refractivity contribution in [3.05, 3.63) is 58.6 Å². The number of benzene rings is 2. The summed E-state index contributed by atoms with van der Waals surface area (Å²) in [5, 5.41) is 9.13. The Hall–Kier alpha value is -2.53. The van der Waals surface area contributed by atoms with E-state index in [-0.39, 0.29) is 46.5 Å². The number of amides is 4. The molecule has 2 rings (SSSR count). The van der Waals surface area contributed by atoms with Gasteiger partial charge in [-0.3, -0.25) is 0 Å². The lowest BCUT2D eigenvalue weighted by molar-refractivity contribution is 0.183. The van der Waals surface area contributed by atoms with E-state index in [1.807, 2.05) is 32.0 Å². The van der Waals surface area contributed by atoms with Gasteiger partial charge in [0.1, 0.15) is 4.90 Å². The van der Waals surface area contributed by atoms with Crippen LogP contribution in [0.3, 0.4) is 0 Å². The van der Waals surface area contributed by atoms with E-state index in [1.165, 1.54) is 18.2 Å². The molecule has 0 bridgehead atoms. The first-order valence-electron chi connectivity index (χ1n) is 13.0. The average Bonchev–Trinajstić information content (AvgIpc) is 2.82. The number of nitrogens with zero attached hydrogens (tertiary/aromatic N) is 1. The van der Waals surface area contributed by atoms with Gasteiger partial charge in [0.25, 0.3) is 0 Å². The summed E-state index contributed by atoms with van der Waals surface area (Å²) in [6, 6.07) is 12.4. The van der Waals surface area contributed by atoms with Crippen molar-refractivity contribution in [1.29, 1.82) is 0 Å². The van der Waals surface area contributed by atoms with Crippen molar-refractivity contribution in [3.8, 4) is 0 Å². The minimum absolute atomic E-state index is 0.0390. The standard InChI is InChI=1S/C27H39Cl2N5O4S/c1-19(2)16-23(33-26(35)32-22-10-6-5-7-11-22)18-34(27(36)31-20(3)4)15-9-8-14-30-39(37,38)25-13-12-21(28)17-24(25)29/h5-7,10-13,17,19-20,23,30H,8-9,14-16,18H2,1-4H3,(H,31,36)(H2,32,33,35)/t23-/m0/s1. The van der Waals surface area contributed by atoms with E-state index in [9.17, 15) is 18.0 Å². The zero-order chi connectivity index (χ0) is 29.0. The van der Waals surface area contributed by atoms with Crippen LogP contribution in [-0.2, 0) is 10.0 Å². The van der Waals surface area contributed by atoms with Crippen molar-refractivity contribution in [2.24, 2.45) is 5.92 Å². The molecule has 2 aromatic rings. The number of unbranched alkanes of at least 4 members (excludes halogenated alkanes) is 1. The number of nitrogens with one attached hydrogen (secondary N) is 4. The molecule has 4 amide bonds. The number of rotatable bonds is 14. The van der Waals surface area contributed by atoms with E-state index in [4.69, 9.17) is 23.2 Å². The van der Waals surface area contributed by atoms with E-state index in [0.29, 0.717) is 43.1 Å². The third-order valence-corrected chi connectivity index (χ3v) is 7.77. The fraction of sp³-hybridized carbons (Fsp3) is 0.481. The Kier molecular flexibility index (Phi) is 13.3. The van der Waals surface area contributed by atoms with Crippen LogP contribution < -0.4 is 20.7 Å². The van der Waals surface area contributed by atoms with Gasteiger partial charge < -0.3 is 20.9 Å². The second-order valence-electron chi connectivity index (χ2n) is 10.0. The maximum absolute atomic E-state index is 13.0. The third-order valence-electron chi connectivity index (χ3n) is 5.59. The number of hydrogen-bond acceptors (Lipinski definition) is 4. The van der Waals surface area contributed by atoms with Gasteiger partial charge in [0.15, 0.2) is 0 Å². The normalized spacial score (nSPS) is 12.3. The van der Waals surface area contributed by atoms with Crippen LogP contribution in [0.15, 0.2) is 53.4 Å². The number of anilines is 1. The monoisotopic (exact) mass is 599 g/mol. The quantitative estimate of drug-likeness (QED) is 0.208. The number of urea groups is 2. The van der Waals surface area contributed by atoms with Crippen LogP contribution in [0.5, 0.6) is 0 Å². The number of halogens is 2. The highest BCUT2D eigenvalue weighted by atomic mass is 35.5. The Morgan fingerprint density at radius 3 is 2.26 bits per heavy atom. The van der Waals surface area contributed by atoms with Gasteiger partial charge in [-0.25, -0.2) is 22.7 Å². The Morgan fingerprint density at radius 1 is 0.949 bits per heavy atom. The molecule has 2 aromatic carbocycles. The maximum atomic E-state index is 13.0. The van der Waals surface area contributed by atoms with E-state index >= 15 is 0 Å². The lowest BCUT2D eigenvalue weighted by Gasteiger charge is -2.30. The van der Waals surface area contributed by atoms with E-state index in [1.54, 1.807) is 17.0 Å². The predicted octanol–water partition coefficient (Wildman–Crippen LogP) is 5.71. The lowest BCUT2D eigenvalue weighted by atomic mass is 10.0. The first-order chi connectivity index (χ1) is 18.4. The minimum atomic E-state index is -3.80. The van der Waals surface area contributed by atoms with Crippen molar-refractivity contribution in [1.82, 2.24) is 20.3 Å². The molecule has 0 fully saturated rings. The molecule has 0 aliphatic heterocycles. The first kappa shape index (κ1) is 32.7. The summed E-state index contributed by atoms with van der Waals surface area (Å²) in [7, 11) is -3.80. The van der Waals surface area contributed by atoms with Gasteiger partial charge in [0.05, 0.1) is 5.02 Å². The zero-order valence-electron chi connectivity index (χ0n) is 22.8. The molecule has 12 heteroatoms. The second-order valence-corrected chi connectivity index (χ2v) is 12.6. The van der Waals surface area contributed by atoms with Crippen molar-refractivity contribution in [2.75, 3.05) is 25.0 Å². The summed E-state index contributed by atoms with van der Waals surface area (Å²) in [5.74, 6) is 0.288. The fourth-order valence-electron chi connectivity index (χ4n) is 3.91. The summed E-state index contributed by atoms with van der Waals surface area (Å²) in [6.07, 6.45) is 1.72. The zero-order valence-corrected chi connectivity index (χ0v) is 25.2. The van der Waals surface area contributed by atoms with E-state index in [0.717, 1.165) is 0 Å². The SMILES string of the molecule is CC(C)C[C@@H](CN(CCCCNS(=O)(=O)c1ccc(Cl)cc1Cl)C(=O)NC(C)C)NC(=O)Nc1ccccc1. The molecule has 0 heterocycles. The molecule has 39 heavy (non-hydrogen) atoms. The Bertz CT molecular complexity index is 1180. The molecule has 216 valence electrons. The van der Waals surface area contributed by atoms with Gasteiger partial charge in [0, 0.05) is 42.4 Å². The fourth-order valence-corrected chi connectivity index (χ4v) is 5.75. The molecule has 0 aromatic heterocycles. The van der Waals surface area contributed by atoms with Crippen molar-refractivity contribution >= 4 is 51.0 Å². The predicted molar refractivity (Wildman–Crippen MR) is 158 cm³/mol. The van der Waals surface area contributed by atoms with Gasteiger partial charge in [-0.1, -0.05) is 55.2 Å². The van der Waals surface area contributed by atoms with Crippen molar-refractivity contribution in [3.63, 3.8) is 0 Å². The van der Waals surface area contributed by atoms with Gasteiger partial charge in [0.2, 0.25) is 10.0 Å². The molecule has 0 spiro atoms. The molecule has 0 radical (unpaired) electrons. The maximum Gasteiger partial charge on any atom is 0.319 e. The molecule has 0 aliphatic rings. The van der Waals surface area contributed by atoms with Crippen LogP contribution in [0.4, 0.5) is 15.3 Å². The topological polar surface area (TPSA) is 120 Å². The summed E-state index contributed by atoms with van der Waals surface area (Å²) >= 11 is 11.9. The first-order valence-corrected chi connectivity index (χ1v) is 15.2.